The van der Waals surface area contributed by atoms with Crippen molar-refractivity contribution < 1.29 is 20.3 Å². The molecule has 0 fully saturated rings. The second-order valence-corrected chi connectivity index (χ2v) is 2.08. The van der Waals surface area contributed by atoms with Gasteiger partial charge >= 0.3 is 0 Å². The second-order valence-electron chi connectivity index (χ2n) is 1.49. The molecule has 6 heteroatoms. The molecule has 0 aromatic carbocycles. The van der Waals surface area contributed by atoms with Crippen LogP contribution in [-0.2, 0) is 9.78 Å². The predicted octanol–water partition coefficient (Wildman–Crippen LogP) is 1.13. The largest absolute Gasteiger partial charge is 0.342 e. The Bertz CT molecular complexity index is 173. The minimum absolute atomic E-state index is 0.0191. The number of hydrogen-bond acceptors (Lipinski definition) is 4. The van der Waals surface area contributed by atoms with Crippen molar-refractivity contribution in [3.8, 4) is 0 Å². The van der Waals surface area contributed by atoms with Crippen LogP contribution in [0, 0.1) is 0 Å². The van der Waals surface area contributed by atoms with Gasteiger partial charge in [0.15, 0.2) is 5.76 Å². The highest BCUT2D eigenvalue weighted by atomic mass is 31.1. The highest BCUT2D eigenvalue weighted by Crippen LogP contribution is 2.03. The zero-order chi connectivity index (χ0) is 9.40. The lowest BCUT2D eigenvalue weighted by atomic mass is 10.4. The molecule has 2 N–H and O–H groups in total. The van der Waals surface area contributed by atoms with Gasteiger partial charge in [0.1, 0.15) is 14.2 Å². The van der Waals surface area contributed by atoms with E-state index in [2.05, 4.69) is 9.78 Å². The third-order valence-electron chi connectivity index (χ3n) is 0.778. The summed E-state index contributed by atoms with van der Waals surface area (Å²) in [6, 6.07) is 0. The topological polar surface area (TPSA) is 58.9 Å². The zero-order valence-corrected chi connectivity index (χ0v) is 6.57. The van der Waals surface area contributed by atoms with E-state index >= 15 is 0 Å². The normalized spacial score (nSPS) is 16.5. The summed E-state index contributed by atoms with van der Waals surface area (Å²) in [5, 5.41) is 16.1. The highest BCUT2D eigenvalue weighted by Gasteiger charge is 1.94. The SMILES string of the molecule is [3H]P([B])C=CC=C(COO)OO. The first kappa shape index (κ1) is 8.75. The Morgan fingerprint density at radius 1 is 1.73 bits per heavy atom. The van der Waals surface area contributed by atoms with Crippen molar-refractivity contribution in [3.63, 3.8) is 0 Å². The molecule has 0 aromatic heterocycles. The van der Waals surface area contributed by atoms with Crippen LogP contribution in [0.2, 0.25) is 0 Å². The van der Waals surface area contributed by atoms with Gasteiger partial charge < -0.3 is 4.89 Å². The third-order valence-corrected chi connectivity index (χ3v) is 1.12. The fraction of sp³-hybridized carbons (Fsp3) is 0.200. The van der Waals surface area contributed by atoms with Crippen LogP contribution in [0.25, 0.3) is 0 Å². The van der Waals surface area contributed by atoms with Crippen molar-refractivity contribution in [1.82, 2.24) is 0 Å². The standard InChI is InChI=1S/C5H8BO4P/c6-11-3-1-2-5(10-8)4-9-7/h1-3,7-8,11H,4H2/i11T. The summed E-state index contributed by atoms with van der Waals surface area (Å²) in [5.41, 5.74) is 0. The van der Waals surface area contributed by atoms with Crippen molar-refractivity contribution in [2.75, 3.05) is 6.61 Å². The van der Waals surface area contributed by atoms with Gasteiger partial charge in [0.05, 0.1) is 1.28 Å². The lowest BCUT2D eigenvalue weighted by Crippen LogP contribution is -1.96. The molecule has 2 radical (unpaired) electrons. The maximum Gasteiger partial charge on any atom is 0.171 e. The van der Waals surface area contributed by atoms with Gasteiger partial charge in [-0.05, 0) is 6.08 Å². The van der Waals surface area contributed by atoms with Crippen LogP contribution in [0.3, 0.4) is 0 Å². The minimum Gasteiger partial charge on any atom is -0.342 e. The van der Waals surface area contributed by atoms with Gasteiger partial charge in [-0.1, -0.05) is 11.9 Å². The van der Waals surface area contributed by atoms with Gasteiger partial charge in [0.25, 0.3) is 0 Å². The van der Waals surface area contributed by atoms with Crippen LogP contribution in [-0.4, -0.2) is 26.0 Å². The molecule has 0 aromatic rings. The number of allylic oxidation sites excluding steroid dienone is 2. The first-order chi connectivity index (χ1) is 5.70. The highest BCUT2D eigenvalue weighted by molar-refractivity contribution is 7.69. The van der Waals surface area contributed by atoms with Gasteiger partial charge in [-0.2, -0.15) is 0 Å². The molecule has 0 saturated carbocycles. The summed E-state index contributed by atoms with van der Waals surface area (Å²) in [4.78, 5) is 7.49. The van der Waals surface area contributed by atoms with Crippen LogP contribution in [0.1, 0.15) is 0 Å². The monoisotopic (exact) mass is 176 g/mol. The molecule has 1 atom stereocenters. The molecule has 1 unspecified atom stereocenters. The first-order valence-electron chi connectivity index (χ1n) is 3.13. The third kappa shape index (κ3) is 6.07. The number of hydrogen-bond donors (Lipinski definition) is 2. The molecular weight excluding hydrogens is 166 g/mol. The van der Waals surface area contributed by atoms with E-state index < -0.39 is 8.40 Å². The van der Waals surface area contributed by atoms with E-state index in [-0.39, 0.29) is 12.4 Å². The van der Waals surface area contributed by atoms with E-state index in [4.69, 9.17) is 19.4 Å². The smallest absolute Gasteiger partial charge is 0.171 e. The van der Waals surface area contributed by atoms with E-state index in [9.17, 15) is 0 Å². The fourth-order valence-electron chi connectivity index (χ4n) is 0.369. The Kier molecular flexibility index (Phi) is 6.17. The van der Waals surface area contributed by atoms with E-state index in [1.807, 2.05) is 0 Å². The molecule has 60 valence electrons. The molecule has 0 rings (SSSR count). The summed E-state index contributed by atoms with van der Waals surface area (Å²) in [7, 11) is 3.76. The van der Waals surface area contributed by atoms with Crippen molar-refractivity contribution >= 4 is 16.0 Å². The van der Waals surface area contributed by atoms with Crippen LogP contribution in [0.5, 0.6) is 0 Å². The van der Waals surface area contributed by atoms with Crippen LogP contribution < -0.4 is 0 Å². The van der Waals surface area contributed by atoms with E-state index in [1.165, 1.54) is 18.0 Å². The van der Waals surface area contributed by atoms with Gasteiger partial charge in [-0.3, -0.25) is 5.26 Å². The summed E-state index contributed by atoms with van der Waals surface area (Å²) < 4.78 is 6.92. The molecule has 11 heavy (non-hydrogen) atoms. The van der Waals surface area contributed by atoms with Crippen molar-refractivity contribution in [2.45, 2.75) is 0 Å². The molecular formula is C5H8BO4P. The van der Waals surface area contributed by atoms with E-state index in [0.29, 0.717) is 0 Å². The van der Waals surface area contributed by atoms with E-state index in [1.54, 1.807) is 0 Å². The molecule has 0 saturated heterocycles. The molecule has 0 amide bonds. The lowest BCUT2D eigenvalue weighted by molar-refractivity contribution is -0.268. The molecule has 4 nitrogen and oxygen atoms in total. The quantitative estimate of drug-likeness (QED) is 0.164. The van der Waals surface area contributed by atoms with Crippen LogP contribution >= 0.6 is 8.40 Å². The average molecular weight is 176 g/mol. The van der Waals surface area contributed by atoms with E-state index in [0.717, 1.165) is 0 Å². The predicted molar refractivity (Wildman–Crippen MR) is 43.6 cm³/mol. The summed E-state index contributed by atoms with van der Waals surface area (Å²) in [6.45, 7) is -0.263. The van der Waals surface area contributed by atoms with Gasteiger partial charge in [-0.25, -0.2) is 10.1 Å². The van der Waals surface area contributed by atoms with Crippen LogP contribution in [0.15, 0.2) is 23.7 Å². The van der Waals surface area contributed by atoms with Crippen molar-refractivity contribution in [1.29, 1.82) is 1.28 Å². The fourth-order valence-corrected chi connectivity index (χ4v) is 0.554. The minimum atomic E-state index is -1.36. The molecule has 0 aliphatic rings. The second kappa shape index (κ2) is 7.76. The summed E-state index contributed by atoms with van der Waals surface area (Å²) in [5.74, 6) is 1.44. The Morgan fingerprint density at radius 2 is 2.45 bits per heavy atom. The van der Waals surface area contributed by atoms with Crippen molar-refractivity contribution in [3.05, 3.63) is 23.7 Å². The summed E-state index contributed by atoms with van der Waals surface area (Å²) >= 11 is 0. The zero-order valence-electron chi connectivity index (χ0n) is 6.67. The van der Waals surface area contributed by atoms with Gasteiger partial charge in [0.2, 0.25) is 0 Å². The Labute approximate surface area is 68.8 Å². The van der Waals surface area contributed by atoms with Crippen LogP contribution in [0.4, 0.5) is 0 Å². The maximum absolute atomic E-state index is 8.16. The summed E-state index contributed by atoms with van der Waals surface area (Å²) in [6.07, 6.45) is 2.76. The van der Waals surface area contributed by atoms with Gasteiger partial charge in [0, 0.05) is 0 Å². The Hall–Kier alpha value is -0.345. The van der Waals surface area contributed by atoms with Crippen molar-refractivity contribution in [2.24, 2.45) is 0 Å². The average Bonchev–Trinajstić information content (AvgIpc) is 2.02. The molecule has 0 heterocycles. The maximum atomic E-state index is 8.16. The molecule has 0 bridgehead atoms. The molecule has 0 spiro atoms. The molecule has 0 aliphatic heterocycles. The first-order valence-corrected chi connectivity index (χ1v) is 3.72. The van der Waals surface area contributed by atoms with Gasteiger partial charge in [-0.15, -0.1) is 8.40 Å². The lowest BCUT2D eigenvalue weighted by Gasteiger charge is -1.97. The number of rotatable bonds is 5. The molecule has 0 aliphatic carbocycles. The Morgan fingerprint density at radius 3 is 2.91 bits per heavy atom. The Balaban J connectivity index is 3.92.